The minimum Gasteiger partial charge on any atom is -0.337 e. The van der Waals surface area contributed by atoms with Gasteiger partial charge in [0.2, 0.25) is 0 Å². The van der Waals surface area contributed by atoms with E-state index in [2.05, 4.69) is 15.9 Å². The number of hydrogen-bond donors (Lipinski definition) is 0. The van der Waals surface area contributed by atoms with Gasteiger partial charge in [0.15, 0.2) is 11.6 Å². The van der Waals surface area contributed by atoms with E-state index in [1.54, 1.807) is 7.05 Å². The molecule has 0 saturated carbocycles. The van der Waals surface area contributed by atoms with Crippen LogP contribution in [0, 0.1) is 11.6 Å². The Bertz CT molecular complexity index is 614. The molecule has 1 amide bonds. The maximum Gasteiger partial charge on any atom is 0.254 e. The fraction of sp³-hybridized carbons (Fsp3) is 0.154. The van der Waals surface area contributed by atoms with E-state index >= 15 is 0 Å². The van der Waals surface area contributed by atoms with Gasteiger partial charge >= 0.3 is 0 Å². The molecule has 19 heavy (non-hydrogen) atoms. The van der Waals surface area contributed by atoms with E-state index in [0.29, 0.717) is 6.54 Å². The first-order valence-corrected chi connectivity index (χ1v) is 7.08. The average molecular weight is 346 g/mol. The van der Waals surface area contributed by atoms with Crippen molar-refractivity contribution in [3.8, 4) is 0 Å². The SMILES string of the molecule is CN(Cc1csc(Br)c1)C(=O)c1ccc(F)c(F)c1. The van der Waals surface area contributed by atoms with Crippen LogP contribution in [0.25, 0.3) is 0 Å². The first-order valence-electron chi connectivity index (χ1n) is 5.41. The van der Waals surface area contributed by atoms with Crippen LogP contribution < -0.4 is 0 Å². The number of halogens is 3. The molecule has 2 nitrogen and oxygen atoms in total. The Morgan fingerprint density at radius 3 is 2.63 bits per heavy atom. The Morgan fingerprint density at radius 2 is 2.05 bits per heavy atom. The van der Waals surface area contributed by atoms with E-state index in [1.807, 2.05) is 11.4 Å². The zero-order valence-corrected chi connectivity index (χ0v) is 12.4. The van der Waals surface area contributed by atoms with Gasteiger partial charge < -0.3 is 4.90 Å². The highest BCUT2D eigenvalue weighted by atomic mass is 79.9. The highest BCUT2D eigenvalue weighted by Gasteiger charge is 2.14. The van der Waals surface area contributed by atoms with E-state index in [1.165, 1.54) is 22.3 Å². The summed E-state index contributed by atoms with van der Waals surface area (Å²) in [5.41, 5.74) is 1.12. The number of nitrogens with zero attached hydrogens (tertiary/aromatic N) is 1. The van der Waals surface area contributed by atoms with Crippen LogP contribution in [0.1, 0.15) is 15.9 Å². The molecule has 0 aliphatic heterocycles. The maximum atomic E-state index is 13.1. The first-order chi connectivity index (χ1) is 8.97. The van der Waals surface area contributed by atoms with Crippen LogP contribution in [0.4, 0.5) is 8.78 Å². The van der Waals surface area contributed by atoms with Gasteiger partial charge in [-0.2, -0.15) is 0 Å². The molecule has 2 rings (SSSR count). The monoisotopic (exact) mass is 345 g/mol. The van der Waals surface area contributed by atoms with Crippen molar-refractivity contribution in [1.82, 2.24) is 4.90 Å². The van der Waals surface area contributed by atoms with Crippen molar-refractivity contribution in [3.05, 3.63) is 56.2 Å². The molecule has 0 spiro atoms. The minimum absolute atomic E-state index is 0.135. The highest BCUT2D eigenvalue weighted by molar-refractivity contribution is 9.11. The van der Waals surface area contributed by atoms with Gasteiger partial charge in [-0.1, -0.05) is 0 Å². The van der Waals surface area contributed by atoms with Crippen molar-refractivity contribution in [2.24, 2.45) is 0 Å². The molecule has 0 bridgehead atoms. The van der Waals surface area contributed by atoms with Gasteiger partial charge in [-0.3, -0.25) is 4.79 Å². The molecule has 0 aliphatic rings. The normalized spacial score (nSPS) is 10.5. The topological polar surface area (TPSA) is 20.3 Å². The highest BCUT2D eigenvalue weighted by Crippen LogP contribution is 2.22. The fourth-order valence-corrected chi connectivity index (χ4v) is 2.82. The van der Waals surface area contributed by atoms with Crippen LogP contribution in [-0.2, 0) is 6.54 Å². The summed E-state index contributed by atoms with van der Waals surface area (Å²) in [6.07, 6.45) is 0. The minimum atomic E-state index is -1.02. The molecular weight excluding hydrogens is 336 g/mol. The lowest BCUT2D eigenvalue weighted by molar-refractivity contribution is 0.0784. The third-order valence-corrected chi connectivity index (χ3v) is 4.11. The summed E-state index contributed by atoms with van der Waals surface area (Å²) in [5, 5.41) is 1.93. The summed E-state index contributed by atoms with van der Waals surface area (Å²) in [5.74, 6) is -2.32. The van der Waals surface area contributed by atoms with Crippen LogP contribution in [0.5, 0.6) is 0 Å². The molecule has 0 fully saturated rings. The van der Waals surface area contributed by atoms with Crippen molar-refractivity contribution >= 4 is 33.2 Å². The van der Waals surface area contributed by atoms with Gasteiger partial charge in [-0.15, -0.1) is 11.3 Å². The van der Waals surface area contributed by atoms with Crippen molar-refractivity contribution in [2.45, 2.75) is 6.54 Å². The van der Waals surface area contributed by atoms with Crippen LogP contribution in [0.2, 0.25) is 0 Å². The first kappa shape index (κ1) is 14.1. The molecule has 0 atom stereocenters. The number of benzene rings is 1. The maximum absolute atomic E-state index is 13.1. The van der Waals surface area contributed by atoms with Gasteiger partial charge in [-0.05, 0) is 51.1 Å². The Hall–Kier alpha value is -1.27. The van der Waals surface area contributed by atoms with E-state index in [9.17, 15) is 13.6 Å². The molecule has 1 aromatic heterocycles. The van der Waals surface area contributed by atoms with Gasteiger partial charge in [0.1, 0.15) is 0 Å². The molecule has 0 unspecified atom stereocenters. The number of carbonyl (C=O) groups is 1. The van der Waals surface area contributed by atoms with Crippen molar-refractivity contribution in [1.29, 1.82) is 0 Å². The van der Waals surface area contributed by atoms with E-state index in [-0.39, 0.29) is 11.5 Å². The second kappa shape index (κ2) is 5.79. The zero-order chi connectivity index (χ0) is 14.0. The molecular formula is C13H10BrF2NOS. The smallest absolute Gasteiger partial charge is 0.254 e. The van der Waals surface area contributed by atoms with Crippen molar-refractivity contribution in [3.63, 3.8) is 0 Å². The number of rotatable bonds is 3. The summed E-state index contributed by atoms with van der Waals surface area (Å²) < 4.78 is 26.9. The molecule has 1 aromatic carbocycles. The van der Waals surface area contributed by atoms with E-state index in [0.717, 1.165) is 21.5 Å². The van der Waals surface area contributed by atoms with Crippen LogP contribution in [-0.4, -0.2) is 17.9 Å². The molecule has 0 saturated heterocycles. The van der Waals surface area contributed by atoms with E-state index in [4.69, 9.17) is 0 Å². The average Bonchev–Trinajstić information content (AvgIpc) is 2.77. The Morgan fingerprint density at radius 1 is 1.32 bits per heavy atom. The summed E-state index contributed by atoms with van der Waals surface area (Å²) in [6, 6.07) is 5.07. The lowest BCUT2D eigenvalue weighted by Crippen LogP contribution is -2.26. The predicted molar refractivity (Wildman–Crippen MR) is 74.2 cm³/mol. The summed E-state index contributed by atoms with van der Waals surface area (Å²) in [6.45, 7) is 0.417. The molecule has 100 valence electrons. The quantitative estimate of drug-likeness (QED) is 0.821. The van der Waals surface area contributed by atoms with Crippen LogP contribution in [0.15, 0.2) is 33.4 Å². The zero-order valence-electron chi connectivity index (χ0n) is 9.99. The van der Waals surface area contributed by atoms with Gasteiger partial charge in [-0.25, -0.2) is 8.78 Å². The standard InChI is InChI=1S/C13H10BrF2NOS/c1-17(6-8-4-12(14)19-7-8)13(18)9-2-3-10(15)11(16)5-9/h2-5,7H,6H2,1H3. The van der Waals surface area contributed by atoms with Gasteiger partial charge in [0, 0.05) is 19.2 Å². The second-order valence-corrected chi connectivity index (χ2v) is 6.34. The molecule has 6 heteroatoms. The lowest BCUT2D eigenvalue weighted by Gasteiger charge is -2.16. The number of hydrogen-bond acceptors (Lipinski definition) is 2. The van der Waals surface area contributed by atoms with Gasteiger partial charge in [0.05, 0.1) is 3.79 Å². The summed E-state index contributed by atoms with van der Waals surface area (Å²) in [4.78, 5) is 13.5. The third kappa shape index (κ3) is 3.39. The van der Waals surface area contributed by atoms with E-state index < -0.39 is 11.6 Å². The number of thiophene rings is 1. The predicted octanol–water partition coefficient (Wildman–Crippen LogP) is 4.06. The Balaban J connectivity index is 2.12. The molecule has 0 aliphatic carbocycles. The lowest BCUT2D eigenvalue weighted by atomic mass is 10.2. The number of amides is 1. The second-order valence-electron chi connectivity index (χ2n) is 4.05. The third-order valence-electron chi connectivity index (χ3n) is 2.55. The number of carbonyl (C=O) groups excluding carboxylic acids is 1. The molecule has 0 N–H and O–H groups in total. The summed E-state index contributed by atoms with van der Waals surface area (Å²) >= 11 is 4.87. The Kier molecular flexibility index (Phi) is 4.31. The van der Waals surface area contributed by atoms with Gasteiger partial charge in [0.25, 0.3) is 5.91 Å². The molecule has 0 radical (unpaired) electrons. The van der Waals surface area contributed by atoms with Crippen LogP contribution >= 0.6 is 27.3 Å². The fourth-order valence-electron chi connectivity index (χ4n) is 1.62. The molecule has 2 aromatic rings. The van der Waals surface area contributed by atoms with Crippen molar-refractivity contribution < 1.29 is 13.6 Å². The molecule has 1 heterocycles. The van der Waals surface area contributed by atoms with Crippen LogP contribution in [0.3, 0.4) is 0 Å². The largest absolute Gasteiger partial charge is 0.337 e. The Labute approximate surface area is 121 Å². The summed E-state index contributed by atoms with van der Waals surface area (Å²) in [7, 11) is 1.62. The van der Waals surface area contributed by atoms with Crippen molar-refractivity contribution in [2.75, 3.05) is 7.05 Å².